The zero-order valence-electron chi connectivity index (χ0n) is 19.7. The molecule has 0 saturated carbocycles. The Hall–Kier alpha value is -3.37. The molecule has 0 spiro atoms. The summed E-state index contributed by atoms with van der Waals surface area (Å²) in [5.74, 6) is -0.259. The van der Waals surface area contributed by atoms with E-state index < -0.39 is 5.54 Å². The normalized spacial score (nSPS) is 17.2. The molecule has 0 bridgehead atoms. The van der Waals surface area contributed by atoms with E-state index in [1.54, 1.807) is 0 Å². The third-order valence-electron chi connectivity index (χ3n) is 7.41. The van der Waals surface area contributed by atoms with Gasteiger partial charge in [-0.2, -0.15) is 0 Å². The fourth-order valence-corrected chi connectivity index (χ4v) is 5.42. The number of piperidine rings is 1. The van der Waals surface area contributed by atoms with E-state index in [-0.39, 0.29) is 5.91 Å². The van der Waals surface area contributed by atoms with E-state index in [4.69, 9.17) is 5.73 Å². The van der Waals surface area contributed by atoms with Crippen LogP contribution in [0.4, 0.5) is 5.69 Å². The molecule has 1 fully saturated rings. The predicted molar refractivity (Wildman–Crippen MR) is 140 cm³/mol. The highest BCUT2D eigenvalue weighted by Gasteiger charge is 2.39. The molecule has 0 atom stereocenters. The minimum Gasteiger partial charge on any atom is -0.371 e. The first kappa shape index (κ1) is 22.4. The predicted octanol–water partition coefficient (Wildman–Crippen LogP) is 5.04. The zero-order chi connectivity index (χ0) is 23.4. The molecule has 2 aliphatic rings. The first-order valence-electron chi connectivity index (χ1n) is 12.4. The van der Waals surface area contributed by atoms with Crippen molar-refractivity contribution < 1.29 is 4.79 Å². The molecule has 1 aliphatic heterocycles. The van der Waals surface area contributed by atoms with Gasteiger partial charge in [0, 0.05) is 25.3 Å². The monoisotopic (exact) mass is 451 g/mol. The number of hydrogen-bond acceptors (Lipinski definition) is 3. The Balaban J connectivity index is 1.28. The van der Waals surface area contributed by atoms with Crippen molar-refractivity contribution in [1.29, 1.82) is 0 Å². The SMILES string of the molecule is NC(=O)C1(Nc2ccccc2)CCN(CCC=C2c3ccccc3CCc3ccccc32)CC1. The van der Waals surface area contributed by atoms with E-state index >= 15 is 0 Å². The number of nitrogens with zero attached hydrogens (tertiary/aromatic N) is 1. The molecule has 3 N–H and O–H groups in total. The summed E-state index contributed by atoms with van der Waals surface area (Å²) < 4.78 is 0. The topological polar surface area (TPSA) is 58.4 Å². The number of hydrogen-bond donors (Lipinski definition) is 2. The summed E-state index contributed by atoms with van der Waals surface area (Å²) >= 11 is 0. The second kappa shape index (κ2) is 9.86. The van der Waals surface area contributed by atoms with Gasteiger partial charge in [-0.1, -0.05) is 72.8 Å². The number of nitrogens with one attached hydrogen (secondary N) is 1. The van der Waals surface area contributed by atoms with Gasteiger partial charge in [0.1, 0.15) is 5.54 Å². The fraction of sp³-hybridized carbons (Fsp3) is 0.300. The number of anilines is 1. The van der Waals surface area contributed by atoms with Crippen LogP contribution in [0, 0.1) is 0 Å². The van der Waals surface area contributed by atoms with Crippen molar-refractivity contribution in [2.45, 2.75) is 37.6 Å². The highest BCUT2D eigenvalue weighted by Crippen LogP contribution is 2.34. The van der Waals surface area contributed by atoms with Gasteiger partial charge in [-0.3, -0.25) is 4.79 Å². The lowest BCUT2D eigenvalue weighted by molar-refractivity contribution is -0.123. The van der Waals surface area contributed by atoms with Gasteiger partial charge < -0.3 is 16.0 Å². The van der Waals surface area contributed by atoms with Gasteiger partial charge >= 0.3 is 0 Å². The van der Waals surface area contributed by atoms with Crippen molar-refractivity contribution >= 4 is 17.2 Å². The minimum absolute atomic E-state index is 0.259. The molecule has 4 heteroatoms. The van der Waals surface area contributed by atoms with Gasteiger partial charge in [-0.15, -0.1) is 0 Å². The quantitative estimate of drug-likeness (QED) is 0.552. The number of amides is 1. The van der Waals surface area contributed by atoms with E-state index in [1.165, 1.54) is 27.8 Å². The Morgan fingerprint density at radius 1 is 0.853 bits per heavy atom. The summed E-state index contributed by atoms with van der Waals surface area (Å²) in [5, 5.41) is 3.44. The number of nitrogens with two attached hydrogens (primary N) is 1. The molecule has 174 valence electrons. The van der Waals surface area contributed by atoms with Crippen LogP contribution >= 0.6 is 0 Å². The van der Waals surface area contributed by atoms with Gasteiger partial charge in [-0.05, 0) is 72.1 Å². The molecular weight excluding hydrogens is 418 g/mol. The lowest BCUT2D eigenvalue weighted by Gasteiger charge is -2.40. The summed E-state index contributed by atoms with van der Waals surface area (Å²) in [7, 11) is 0. The number of carbonyl (C=O) groups is 1. The summed E-state index contributed by atoms with van der Waals surface area (Å²) in [5.41, 5.74) is 13.1. The van der Waals surface area contributed by atoms with Crippen LogP contribution in [0.15, 0.2) is 84.9 Å². The summed E-state index contributed by atoms with van der Waals surface area (Å²) in [4.78, 5) is 14.9. The standard InChI is InChI=1S/C30H33N3O/c31-29(34)30(32-25-11-2-1-3-12-25)18-21-33(22-19-30)20-8-15-28-26-13-6-4-9-23(26)16-17-24-10-5-7-14-27(24)28/h1-7,9-15,32H,8,16-22H2,(H2,31,34). The maximum absolute atomic E-state index is 12.4. The Labute approximate surface area is 202 Å². The molecular formula is C30H33N3O. The highest BCUT2D eigenvalue weighted by atomic mass is 16.1. The molecule has 5 rings (SSSR count). The molecule has 1 heterocycles. The number of primary amides is 1. The second-order valence-corrected chi connectivity index (χ2v) is 9.50. The van der Waals surface area contributed by atoms with Crippen molar-refractivity contribution in [2.24, 2.45) is 5.73 Å². The average molecular weight is 452 g/mol. The third-order valence-corrected chi connectivity index (χ3v) is 7.41. The first-order valence-corrected chi connectivity index (χ1v) is 12.4. The van der Waals surface area contributed by atoms with Crippen LogP contribution in [0.3, 0.4) is 0 Å². The average Bonchev–Trinajstić information content (AvgIpc) is 3.03. The van der Waals surface area contributed by atoms with Gasteiger partial charge in [0.05, 0.1) is 0 Å². The number of rotatable bonds is 6. The van der Waals surface area contributed by atoms with Crippen LogP contribution in [-0.2, 0) is 17.6 Å². The Morgan fingerprint density at radius 2 is 1.41 bits per heavy atom. The Bertz CT molecular complexity index is 1130. The second-order valence-electron chi connectivity index (χ2n) is 9.50. The van der Waals surface area contributed by atoms with Crippen LogP contribution < -0.4 is 11.1 Å². The number of carbonyl (C=O) groups excluding carboxylic acids is 1. The van der Waals surface area contributed by atoms with Crippen LogP contribution in [0.2, 0.25) is 0 Å². The maximum Gasteiger partial charge on any atom is 0.243 e. The van der Waals surface area contributed by atoms with Crippen molar-refractivity contribution in [2.75, 3.05) is 25.0 Å². The molecule has 0 unspecified atom stereocenters. The van der Waals surface area contributed by atoms with Crippen LogP contribution in [0.25, 0.3) is 5.57 Å². The molecule has 1 aliphatic carbocycles. The number of likely N-dealkylation sites (tertiary alicyclic amines) is 1. The summed E-state index contributed by atoms with van der Waals surface area (Å²) in [6.07, 6.45) is 7.01. The van der Waals surface area contributed by atoms with Gasteiger partial charge in [0.15, 0.2) is 0 Å². The number of fused-ring (bicyclic) bond motifs is 2. The minimum atomic E-state index is -0.671. The van der Waals surface area contributed by atoms with E-state index in [0.717, 1.165) is 57.4 Å². The van der Waals surface area contributed by atoms with Gasteiger partial charge in [0.2, 0.25) is 5.91 Å². The van der Waals surface area contributed by atoms with E-state index in [1.807, 2.05) is 30.3 Å². The van der Waals surface area contributed by atoms with Crippen LogP contribution in [0.5, 0.6) is 0 Å². The van der Waals surface area contributed by atoms with Gasteiger partial charge in [0.25, 0.3) is 0 Å². The van der Waals surface area contributed by atoms with E-state index in [9.17, 15) is 4.79 Å². The molecule has 0 radical (unpaired) electrons. The van der Waals surface area contributed by atoms with E-state index in [2.05, 4.69) is 64.8 Å². The van der Waals surface area contributed by atoms with E-state index in [0.29, 0.717) is 0 Å². The summed E-state index contributed by atoms with van der Waals surface area (Å²) in [6.45, 7) is 2.70. The molecule has 34 heavy (non-hydrogen) atoms. The Morgan fingerprint density at radius 3 is 2.00 bits per heavy atom. The molecule has 1 saturated heterocycles. The van der Waals surface area contributed by atoms with Crippen molar-refractivity contribution in [3.63, 3.8) is 0 Å². The summed E-state index contributed by atoms with van der Waals surface area (Å²) in [6, 6.07) is 27.6. The number of para-hydroxylation sites is 1. The zero-order valence-corrected chi connectivity index (χ0v) is 19.7. The molecule has 4 nitrogen and oxygen atoms in total. The maximum atomic E-state index is 12.4. The highest BCUT2D eigenvalue weighted by molar-refractivity contribution is 5.88. The number of aryl methyl sites for hydroxylation is 2. The van der Waals surface area contributed by atoms with Crippen LogP contribution in [0.1, 0.15) is 41.5 Å². The van der Waals surface area contributed by atoms with Crippen molar-refractivity contribution in [1.82, 2.24) is 4.90 Å². The lowest BCUT2D eigenvalue weighted by Crippen LogP contribution is -2.57. The van der Waals surface area contributed by atoms with Gasteiger partial charge in [-0.25, -0.2) is 0 Å². The lowest BCUT2D eigenvalue weighted by atomic mass is 9.86. The molecule has 3 aromatic carbocycles. The van der Waals surface area contributed by atoms with Crippen LogP contribution in [-0.4, -0.2) is 36.0 Å². The molecule has 3 aromatic rings. The third kappa shape index (κ3) is 4.64. The first-order chi connectivity index (χ1) is 16.6. The Kier molecular flexibility index (Phi) is 6.50. The molecule has 1 amide bonds. The number of benzene rings is 3. The largest absolute Gasteiger partial charge is 0.371 e. The smallest absolute Gasteiger partial charge is 0.243 e. The fourth-order valence-electron chi connectivity index (χ4n) is 5.42. The van der Waals surface area contributed by atoms with Crippen molar-refractivity contribution in [3.8, 4) is 0 Å². The molecule has 0 aromatic heterocycles. The van der Waals surface area contributed by atoms with Crippen molar-refractivity contribution in [3.05, 3.63) is 107 Å².